The van der Waals surface area contributed by atoms with Crippen LogP contribution in [0, 0.1) is 6.92 Å². The Morgan fingerprint density at radius 3 is 2.44 bits per heavy atom. The second kappa shape index (κ2) is 13.8. The van der Waals surface area contributed by atoms with E-state index in [9.17, 15) is 19.5 Å². The zero-order valence-corrected chi connectivity index (χ0v) is 27.2. The van der Waals surface area contributed by atoms with Gasteiger partial charge in [0.05, 0.1) is 24.6 Å². The molecule has 2 aliphatic heterocycles. The highest BCUT2D eigenvalue weighted by atomic mass is 28.3. The lowest BCUT2D eigenvalue weighted by atomic mass is 10.1. The van der Waals surface area contributed by atoms with Crippen molar-refractivity contribution in [2.24, 2.45) is 0 Å². The summed E-state index contributed by atoms with van der Waals surface area (Å²) >= 11 is 0. The van der Waals surface area contributed by atoms with Crippen LogP contribution in [-0.4, -0.2) is 90.6 Å². The smallest absolute Gasteiger partial charge is 0.402 e. The molecule has 2 N–H and O–H groups in total. The van der Waals surface area contributed by atoms with E-state index in [0.717, 1.165) is 16.8 Å². The summed E-state index contributed by atoms with van der Waals surface area (Å²) in [6.07, 6.45) is 0.878. The minimum Gasteiger partial charge on any atom is -0.486 e. The molecular formula is C32H40N4O8Si. The molecule has 2 atom stereocenters. The molecule has 3 heterocycles. The summed E-state index contributed by atoms with van der Waals surface area (Å²) in [5.41, 5.74) is 1.88. The fourth-order valence-corrected chi connectivity index (χ4v) is 8.20. The van der Waals surface area contributed by atoms with Crippen molar-refractivity contribution in [2.75, 3.05) is 32.8 Å². The van der Waals surface area contributed by atoms with Crippen LogP contribution < -0.4 is 10.1 Å². The fourth-order valence-electron chi connectivity index (χ4n) is 5.30. The Morgan fingerprint density at radius 2 is 1.78 bits per heavy atom. The molecule has 0 unspecified atom stereocenters. The van der Waals surface area contributed by atoms with Crippen LogP contribution in [0.5, 0.6) is 5.75 Å². The van der Waals surface area contributed by atoms with E-state index in [-0.39, 0.29) is 31.5 Å². The molecule has 3 amide bonds. The van der Waals surface area contributed by atoms with Gasteiger partial charge in [-0.25, -0.2) is 9.78 Å². The van der Waals surface area contributed by atoms with Gasteiger partial charge in [-0.3, -0.25) is 9.59 Å². The third-order valence-corrected chi connectivity index (χ3v) is 11.0. The second-order valence-corrected chi connectivity index (χ2v) is 15.2. The number of hydrogen-bond acceptors (Lipinski definition) is 9. The number of carbonyl (C=O) groups excluding carboxylic acids is 3. The van der Waals surface area contributed by atoms with Crippen molar-refractivity contribution >= 4 is 26.9 Å². The number of aryl methyl sites for hydroxylation is 1. The minimum absolute atomic E-state index is 0.0312. The Morgan fingerprint density at radius 1 is 1.07 bits per heavy atom. The zero-order valence-electron chi connectivity index (χ0n) is 26.1. The molecule has 45 heavy (non-hydrogen) atoms. The maximum Gasteiger partial charge on any atom is 0.402 e. The number of aliphatic hydroxyl groups excluding tert-OH is 1. The van der Waals surface area contributed by atoms with Crippen LogP contribution >= 0.6 is 0 Å². The lowest BCUT2D eigenvalue weighted by Crippen LogP contribution is -2.58. The number of fused-ring (bicyclic) bond motifs is 1. The first-order valence-corrected chi connectivity index (χ1v) is 17.0. The lowest BCUT2D eigenvalue weighted by Gasteiger charge is -2.39. The summed E-state index contributed by atoms with van der Waals surface area (Å²) in [5, 5.41) is 14.1. The summed E-state index contributed by atoms with van der Waals surface area (Å²) in [6, 6.07) is 12.7. The molecule has 240 valence electrons. The van der Waals surface area contributed by atoms with Crippen LogP contribution in [0.1, 0.15) is 64.1 Å². The highest BCUT2D eigenvalue weighted by molar-refractivity contribution is 6.59. The van der Waals surface area contributed by atoms with E-state index in [1.54, 1.807) is 54.5 Å². The Bertz CT molecular complexity index is 1510. The largest absolute Gasteiger partial charge is 0.486 e. The van der Waals surface area contributed by atoms with Crippen molar-refractivity contribution in [3.63, 3.8) is 0 Å². The fraction of sp³-hybridized carbons (Fsp3) is 0.438. The average molecular weight is 637 g/mol. The number of benzene rings is 2. The van der Waals surface area contributed by atoms with E-state index in [1.165, 1.54) is 6.39 Å². The summed E-state index contributed by atoms with van der Waals surface area (Å²) in [4.78, 5) is 44.9. The van der Waals surface area contributed by atoms with E-state index in [4.69, 9.17) is 18.6 Å². The molecule has 3 aromatic rings. The van der Waals surface area contributed by atoms with Crippen molar-refractivity contribution in [1.82, 2.24) is 19.8 Å². The van der Waals surface area contributed by atoms with E-state index in [1.807, 2.05) is 25.1 Å². The van der Waals surface area contributed by atoms with Gasteiger partial charge in [0.15, 0.2) is 21.1 Å². The average Bonchev–Trinajstić information content (AvgIpc) is 3.45. The quantitative estimate of drug-likeness (QED) is 0.357. The first kappa shape index (κ1) is 32.2. The standard InChI is InChI=1S/C32H40N4O8Si/c1-21-27(43-20-34-21)18-42-26-10-9-24-19-45(36(17-25(24)15-26)31(40)44-32(2,3)4)28(37)16-33-29(38)22-5-7-23(8-6-22)30(39)35-11-13-41-14-12-35/h5-10,15,20,28,37,45H,11-14,16-19H2,1-4H3,(H,33,38)/t28-,45-/m0/s1. The van der Waals surface area contributed by atoms with Crippen molar-refractivity contribution < 1.29 is 38.1 Å². The molecule has 1 saturated heterocycles. The Labute approximate surface area is 263 Å². The lowest BCUT2D eigenvalue weighted by molar-refractivity contribution is 0.0302. The predicted octanol–water partition coefficient (Wildman–Crippen LogP) is 2.92. The van der Waals surface area contributed by atoms with Crippen LogP contribution in [-0.2, 0) is 28.7 Å². The number of nitrogens with one attached hydrogen (secondary N) is 1. The van der Waals surface area contributed by atoms with Crippen LogP contribution in [0.2, 0.25) is 0 Å². The number of nitrogens with zero attached hydrogens (tertiary/aromatic N) is 3. The summed E-state index contributed by atoms with van der Waals surface area (Å²) < 4.78 is 24.0. The van der Waals surface area contributed by atoms with Crippen LogP contribution in [0.4, 0.5) is 4.79 Å². The maximum absolute atomic E-state index is 13.4. The van der Waals surface area contributed by atoms with Gasteiger partial charge in [0.1, 0.15) is 18.0 Å². The third kappa shape index (κ3) is 8.10. The number of hydrogen-bond donors (Lipinski definition) is 2. The topological polar surface area (TPSA) is 144 Å². The van der Waals surface area contributed by atoms with E-state index in [0.29, 0.717) is 55.0 Å². The second-order valence-electron chi connectivity index (χ2n) is 12.2. The van der Waals surface area contributed by atoms with Gasteiger partial charge in [0.2, 0.25) is 0 Å². The number of carbonyl (C=O) groups is 3. The van der Waals surface area contributed by atoms with Gasteiger partial charge >= 0.3 is 6.09 Å². The van der Waals surface area contributed by atoms with Crippen molar-refractivity contribution in [2.45, 2.75) is 58.2 Å². The van der Waals surface area contributed by atoms with Crippen LogP contribution in [0.3, 0.4) is 0 Å². The third-order valence-electron chi connectivity index (χ3n) is 7.80. The molecule has 5 rings (SSSR count). The van der Waals surface area contributed by atoms with Gasteiger partial charge in [-0.1, -0.05) is 6.07 Å². The zero-order chi connectivity index (χ0) is 32.1. The monoisotopic (exact) mass is 636 g/mol. The van der Waals surface area contributed by atoms with Gasteiger partial charge in [-0.2, -0.15) is 0 Å². The molecule has 0 saturated carbocycles. The molecular weight excluding hydrogens is 596 g/mol. The number of oxazole rings is 1. The van der Waals surface area contributed by atoms with Gasteiger partial charge in [0, 0.05) is 37.3 Å². The molecule has 2 aromatic carbocycles. The Hall–Kier alpha value is -4.20. The number of aliphatic hydroxyl groups is 1. The summed E-state index contributed by atoms with van der Waals surface area (Å²) in [6.45, 7) is 9.78. The van der Waals surface area contributed by atoms with Gasteiger partial charge in [-0.15, -0.1) is 0 Å². The van der Waals surface area contributed by atoms with Crippen molar-refractivity contribution in [3.8, 4) is 5.75 Å². The van der Waals surface area contributed by atoms with Gasteiger partial charge < -0.3 is 38.5 Å². The van der Waals surface area contributed by atoms with Crippen LogP contribution in [0.15, 0.2) is 53.3 Å². The van der Waals surface area contributed by atoms with Crippen molar-refractivity contribution in [1.29, 1.82) is 0 Å². The normalized spacial score (nSPS) is 17.3. The predicted molar refractivity (Wildman–Crippen MR) is 166 cm³/mol. The Balaban J connectivity index is 1.24. The molecule has 0 radical (unpaired) electrons. The van der Waals surface area contributed by atoms with E-state index < -0.39 is 26.4 Å². The number of aromatic nitrogens is 1. The molecule has 0 spiro atoms. The SMILES string of the molecule is Cc1ncoc1COc1ccc2c(c1)CN(C(=O)OC(C)(C)C)[Si@H]([C@H](O)CNC(=O)c1ccc(C(=O)N3CCOCC3)cc1)C2. The number of morpholine rings is 1. The number of rotatable bonds is 8. The molecule has 13 heteroatoms. The van der Waals surface area contributed by atoms with Crippen LogP contribution in [0.25, 0.3) is 0 Å². The molecule has 0 bridgehead atoms. The van der Waals surface area contributed by atoms with Crippen molar-refractivity contribution in [3.05, 3.63) is 82.6 Å². The molecule has 1 aromatic heterocycles. The molecule has 0 aliphatic carbocycles. The molecule has 1 fully saturated rings. The number of ether oxygens (including phenoxy) is 3. The first-order valence-electron chi connectivity index (χ1n) is 15.0. The summed E-state index contributed by atoms with van der Waals surface area (Å²) in [5.74, 6) is 0.782. The number of amides is 3. The highest BCUT2D eigenvalue weighted by Gasteiger charge is 2.38. The first-order chi connectivity index (χ1) is 21.5. The minimum atomic E-state index is -2.41. The highest BCUT2D eigenvalue weighted by Crippen LogP contribution is 2.29. The summed E-state index contributed by atoms with van der Waals surface area (Å²) in [7, 11) is -2.41. The van der Waals surface area contributed by atoms with E-state index in [2.05, 4.69) is 10.3 Å². The van der Waals surface area contributed by atoms with Gasteiger partial charge in [-0.05, 0) is 81.3 Å². The van der Waals surface area contributed by atoms with E-state index >= 15 is 0 Å². The van der Waals surface area contributed by atoms with Gasteiger partial charge in [0.25, 0.3) is 11.8 Å². The Kier molecular flexibility index (Phi) is 9.90. The molecule has 12 nitrogen and oxygen atoms in total. The maximum atomic E-state index is 13.4. The molecule has 2 aliphatic rings.